The van der Waals surface area contributed by atoms with Crippen LogP contribution in [0, 0.1) is 0 Å². The molecule has 0 aliphatic heterocycles. The van der Waals surface area contributed by atoms with Gasteiger partial charge in [0, 0.05) is 12.4 Å². The van der Waals surface area contributed by atoms with E-state index in [4.69, 9.17) is 23.2 Å². The van der Waals surface area contributed by atoms with E-state index < -0.39 is 0 Å². The molecule has 114 valence electrons. The summed E-state index contributed by atoms with van der Waals surface area (Å²) >= 11 is 12.7. The Hall–Kier alpha value is -2.03. The molecule has 0 bridgehead atoms. The minimum Gasteiger partial charge on any atom is -0.327 e. The summed E-state index contributed by atoms with van der Waals surface area (Å²) in [4.78, 5) is 16.2. The van der Waals surface area contributed by atoms with Gasteiger partial charge in [-0.05, 0) is 41.0 Å². The monoisotopic (exact) mass is 363 g/mol. The van der Waals surface area contributed by atoms with E-state index in [1.807, 2.05) is 35.9 Å². The summed E-state index contributed by atoms with van der Waals surface area (Å²) in [6.45, 7) is 0. The summed E-state index contributed by atoms with van der Waals surface area (Å²) in [5.74, 6) is 0. The predicted molar refractivity (Wildman–Crippen MR) is 87.8 cm³/mol. The summed E-state index contributed by atoms with van der Waals surface area (Å²) in [5.41, 5.74) is 2.52. The average molecular weight is 364 g/mol. The van der Waals surface area contributed by atoms with Crippen LogP contribution in [0.1, 0.15) is 0 Å². The molecule has 4 rings (SSSR count). The van der Waals surface area contributed by atoms with E-state index >= 15 is 0 Å². The van der Waals surface area contributed by atoms with Crippen LogP contribution in [0.15, 0.2) is 34.6 Å². The maximum absolute atomic E-state index is 5.77. The highest BCUT2D eigenvalue weighted by atomic mass is 35.5. The summed E-state index contributed by atoms with van der Waals surface area (Å²) in [5, 5.41) is 10.2. The van der Waals surface area contributed by atoms with Crippen molar-refractivity contribution in [3.8, 4) is 0 Å². The molecule has 1 aromatic carbocycles. The number of para-hydroxylation sites is 1. The second-order valence-electron chi connectivity index (χ2n) is 4.60. The van der Waals surface area contributed by atoms with Gasteiger partial charge in [0.15, 0.2) is 5.65 Å². The first kappa shape index (κ1) is 14.6. The number of fused-ring (bicyclic) bond motifs is 3. The third kappa shape index (κ3) is 2.58. The zero-order valence-corrected chi connectivity index (χ0v) is 13.9. The van der Waals surface area contributed by atoms with Crippen LogP contribution < -0.4 is 0 Å². The molecule has 23 heavy (non-hydrogen) atoms. The minimum atomic E-state index is 0.0196. The Labute approximate surface area is 144 Å². The van der Waals surface area contributed by atoms with E-state index in [9.17, 15) is 0 Å². The first-order valence-corrected chi connectivity index (χ1v) is 8.02. The molecule has 0 radical (unpaired) electrons. The highest BCUT2D eigenvalue weighted by molar-refractivity contribution is 7.99. The van der Waals surface area contributed by atoms with Gasteiger partial charge in [0.05, 0.1) is 5.52 Å². The molecule has 0 amide bonds. The number of hydrogen-bond acceptors (Lipinski definition) is 7. The van der Waals surface area contributed by atoms with E-state index in [0.717, 1.165) is 33.8 Å². The predicted octanol–water partition coefficient (Wildman–Crippen LogP) is 3.16. The summed E-state index contributed by atoms with van der Waals surface area (Å²) in [6, 6.07) is 7.93. The summed E-state index contributed by atoms with van der Waals surface area (Å²) in [6.07, 6.45) is 0. The molecule has 0 N–H and O–H groups in total. The molecule has 0 saturated heterocycles. The molecule has 0 spiro atoms. The van der Waals surface area contributed by atoms with Gasteiger partial charge in [-0.1, -0.05) is 18.2 Å². The van der Waals surface area contributed by atoms with Crippen LogP contribution in [0.2, 0.25) is 10.6 Å². The number of aromatic nitrogens is 7. The fourth-order valence-corrected chi connectivity index (χ4v) is 3.38. The second kappa shape index (κ2) is 5.55. The van der Waals surface area contributed by atoms with Gasteiger partial charge in [0.25, 0.3) is 0 Å². The lowest BCUT2D eigenvalue weighted by atomic mass is 10.2. The first-order chi connectivity index (χ1) is 11.1. The van der Waals surface area contributed by atoms with Crippen molar-refractivity contribution in [1.82, 2.24) is 34.7 Å². The number of hydrogen-bond donors (Lipinski definition) is 0. The van der Waals surface area contributed by atoms with E-state index in [1.165, 1.54) is 0 Å². The molecule has 0 aliphatic carbocycles. The third-order valence-corrected chi connectivity index (χ3v) is 4.29. The lowest BCUT2D eigenvalue weighted by Crippen LogP contribution is -1.97. The number of halogens is 2. The van der Waals surface area contributed by atoms with E-state index in [1.54, 1.807) is 0 Å². The maximum atomic E-state index is 5.77. The quantitative estimate of drug-likeness (QED) is 0.540. The Morgan fingerprint density at radius 1 is 0.913 bits per heavy atom. The smallest absolute Gasteiger partial charge is 0.227 e. The van der Waals surface area contributed by atoms with Crippen LogP contribution in [0.3, 0.4) is 0 Å². The van der Waals surface area contributed by atoms with Crippen LogP contribution in [0.25, 0.3) is 22.1 Å². The van der Waals surface area contributed by atoms with Crippen molar-refractivity contribution in [3.63, 3.8) is 0 Å². The molecule has 0 saturated carbocycles. The molecule has 0 fully saturated rings. The molecule has 0 aliphatic rings. The molecule has 0 unspecified atom stereocenters. The van der Waals surface area contributed by atoms with Gasteiger partial charge in [-0.15, -0.1) is 10.2 Å². The van der Waals surface area contributed by atoms with Crippen molar-refractivity contribution in [2.45, 2.75) is 10.3 Å². The van der Waals surface area contributed by atoms with E-state index in [0.29, 0.717) is 10.3 Å². The van der Waals surface area contributed by atoms with Crippen LogP contribution in [-0.4, -0.2) is 34.7 Å². The van der Waals surface area contributed by atoms with Crippen molar-refractivity contribution in [1.29, 1.82) is 0 Å². The van der Waals surface area contributed by atoms with Crippen LogP contribution in [-0.2, 0) is 7.05 Å². The fraction of sp³-hybridized carbons (Fsp3) is 0.0769. The maximum Gasteiger partial charge on any atom is 0.227 e. The zero-order valence-electron chi connectivity index (χ0n) is 11.6. The molecular weight excluding hydrogens is 357 g/mol. The van der Waals surface area contributed by atoms with Crippen molar-refractivity contribution in [3.05, 3.63) is 34.8 Å². The van der Waals surface area contributed by atoms with Crippen LogP contribution >= 0.6 is 35.0 Å². The fourth-order valence-electron chi connectivity index (χ4n) is 2.27. The number of benzene rings is 1. The molecule has 7 nitrogen and oxygen atoms in total. The van der Waals surface area contributed by atoms with Crippen molar-refractivity contribution < 1.29 is 0 Å². The van der Waals surface area contributed by atoms with Gasteiger partial charge in [0.1, 0.15) is 5.52 Å². The van der Waals surface area contributed by atoms with Gasteiger partial charge in [-0.25, -0.2) is 4.98 Å². The van der Waals surface area contributed by atoms with Gasteiger partial charge < -0.3 is 4.57 Å². The Bertz CT molecular complexity index is 1030. The molecule has 3 aromatic heterocycles. The van der Waals surface area contributed by atoms with Gasteiger partial charge in [-0.2, -0.15) is 15.0 Å². The molecule has 0 atom stereocenters. The Morgan fingerprint density at radius 2 is 1.65 bits per heavy atom. The second-order valence-corrected chi connectivity index (χ2v) is 6.21. The zero-order chi connectivity index (χ0) is 16.0. The SMILES string of the molecule is Cn1c2ccccc2c2nnc(Sc3nc(Cl)nc(Cl)n3)nc21. The Morgan fingerprint density at radius 3 is 2.43 bits per heavy atom. The Kier molecular flexibility index (Phi) is 3.51. The lowest BCUT2D eigenvalue weighted by Gasteiger charge is -2.00. The number of nitrogens with zero attached hydrogens (tertiary/aromatic N) is 7. The van der Waals surface area contributed by atoms with Crippen molar-refractivity contribution in [2.24, 2.45) is 7.05 Å². The minimum absolute atomic E-state index is 0.0196. The molecule has 3 heterocycles. The normalized spacial score (nSPS) is 11.4. The average Bonchev–Trinajstić information content (AvgIpc) is 2.80. The van der Waals surface area contributed by atoms with Crippen LogP contribution in [0.5, 0.6) is 0 Å². The molecular formula is C13H7Cl2N7S. The topological polar surface area (TPSA) is 82.3 Å². The standard InChI is InChI=1S/C13H7Cl2N7S/c1-22-7-5-3-2-4-6(7)8-9(22)16-13(21-20-8)23-12-18-10(14)17-11(15)19-12/h2-5H,1H3. The summed E-state index contributed by atoms with van der Waals surface area (Å²) < 4.78 is 1.97. The van der Waals surface area contributed by atoms with Gasteiger partial charge in [0.2, 0.25) is 20.9 Å². The van der Waals surface area contributed by atoms with Crippen molar-refractivity contribution >= 4 is 57.0 Å². The first-order valence-electron chi connectivity index (χ1n) is 6.44. The lowest BCUT2D eigenvalue weighted by molar-refractivity contribution is 0.841. The highest BCUT2D eigenvalue weighted by Gasteiger charge is 2.14. The largest absolute Gasteiger partial charge is 0.327 e. The number of rotatable bonds is 2. The van der Waals surface area contributed by atoms with E-state index in [2.05, 4.69) is 30.1 Å². The summed E-state index contributed by atoms with van der Waals surface area (Å²) in [7, 11) is 1.93. The van der Waals surface area contributed by atoms with Crippen LogP contribution in [0.4, 0.5) is 0 Å². The highest BCUT2D eigenvalue weighted by Crippen LogP contribution is 2.28. The molecule has 10 heteroatoms. The third-order valence-electron chi connectivity index (χ3n) is 3.23. The molecule has 4 aromatic rings. The Balaban J connectivity index is 1.82. The van der Waals surface area contributed by atoms with Crippen molar-refractivity contribution in [2.75, 3.05) is 0 Å². The van der Waals surface area contributed by atoms with Gasteiger partial charge in [-0.3, -0.25) is 0 Å². The van der Waals surface area contributed by atoms with E-state index in [-0.39, 0.29) is 10.6 Å². The number of aryl methyl sites for hydroxylation is 1. The van der Waals surface area contributed by atoms with Gasteiger partial charge >= 0.3 is 0 Å².